The first-order valence-electron chi connectivity index (χ1n) is 7.76. The third kappa shape index (κ3) is 3.51. The number of nitrogens with one attached hydrogen (secondary N) is 1. The molecule has 1 amide bonds. The van der Waals surface area contributed by atoms with Crippen LogP contribution in [0.3, 0.4) is 0 Å². The first-order valence-corrected chi connectivity index (χ1v) is 7.76. The summed E-state index contributed by atoms with van der Waals surface area (Å²) in [7, 11) is 4.02. The van der Waals surface area contributed by atoms with Crippen molar-refractivity contribution in [2.75, 3.05) is 20.6 Å². The first-order chi connectivity index (χ1) is 11.0. The SMILES string of the molecule is CN(C)Cc1cccc(C(=O)N2CCc3cc(=O)[nH]cc3C2)c1. The summed E-state index contributed by atoms with van der Waals surface area (Å²) in [5.74, 6) is 0.0439. The maximum absolute atomic E-state index is 12.8. The molecule has 0 saturated carbocycles. The van der Waals surface area contributed by atoms with Gasteiger partial charge in [0.05, 0.1) is 0 Å². The lowest BCUT2D eigenvalue weighted by molar-refractivity contribution is 0.0734. The van der Waals surface area contributed by atoms with E-state index in [1.54, 1.807) is 12.3 Å². The fourth-order valence-electron chi connectivity index (χ4n) is 2.99. The molecule has 120 valence electrons. The largest absolute Gasteiger partial charge is 0.334 e. The molecule has 1 aliphatic rings. The van der Waals surface area contributed by atoms with Gasteiger partial charge in [0.25, 0.3) is 5.91 Å². The number of benzene rings is 1. The molecule has 0 fully saturated rings. The predicted molar refractivity (Wildman–Crippen MR) is 89.3 cm³/mol. The fraction of sp³-hybridized carbons (Fsp3) is 0.333. The summed E-state index contributed by atoms with van der Waals surface area (Å²) in [6.07, 6.45) is 2.45. The van der Waals surface area contributed by atoms with Gasteiger partial charge in [0.1, 0.15) is 0 Å². The Labute approximate surface area is 135 Å². The quantitative estimate of drug-likeness (QED) is 0.937. The van der Waals surface area contributed by atoms with E-state index in [9.17, 15) is 9.59 Å². The van der Waals surface area contributed by atoms with E-state index < -0.39 is 0 Å². The maximum Gasteiger partial charge on any atom is 0.254 e. The van der Waals surface area contributed by atoms with Crippen molar-refractivity contribution in [2.24, 2.45) is 0 Å². The standard InChI is InChI=1S/C18H21N3O2/c1-20(2)11-13-4-3-5-15(8-13)18(23)21-7-6-14-9-17(22)19-10-16(14)12-21/h3-5,8-10H,6-7,11-12H2,1-2H3,(H,19,22). The molecule has 0 atom stereocenters. The third-order valence-electron chi connectivity index (χ3n) is 4.08. The van der Waals surface area contributed by atoms with Crippen molar-refractivity contribution in [2.45, 2.75) is 19.5 Å². The van der Waals surface area contributed by atoms with Crippen LogP contribution in [0, 0.1) is 0 Å². The van der Waals surface area contributed by atoms with Gasteiger partial charge >= 0.3 is 0 Å². The minimum Gasteiger partial charge on any atom is -0.334 e. The van der Waals surface area contributed by atoms with Gasteiger partial charge in [0, 0.05) is 37.5 Å². The summed E-state index contributed by atoms with van der Waals surface area (Å²) >= 11 is 0. The normalized spacial score (nSPS) is 14.0. The number of rotatable bonds is 3. The van der Waals surface area contributed by atoms with E-state index in [-0.39, 0.29) is 11.5 Å². The highest BCUT2D eigenvalue weighted by Crippen LogP contribution is 2.19. The van der Waals surface area contributed by atoms with Crippen molar-refractivity contribution < 1.29 is 4.79 Å². The van der Waals surface area contributed by atoms with Gasteiger partial charge in [-0.25, -0.2) is 0 Å². The molecule has 23 heavy (non-hydrogen) atoms. The Morgan fingerprint density at radius 3 is 2.87 bits per heavy atom. The Hall–Kier alpha value is -2.40. The zero-order valence-electron chi connectivity index (χ0n) is 13.5. The van der Waals surface area contributed by atoms with Gasteiger partial charge in [-0.15, -0.1) is 0 Å². The van der Waals surface area contributed by atoms with Gasteiger partial charge in [-0.2, -0.15) is 0 Å². The van der Waals surface area contributed by atoms with E-state index in [2.05, 4.69) is 9.88 Å². The molecule has 2 heterocycles. The summed E-state index contributed by atoms with van der Waals surface area (Å²) in [6.45, 7) is 2.00. The molecule has 0 bridgehead atoms. The van der Waals surface area contributed by atoms with Crippen molar-refractivity contribution in [3.8, 4) is 0 Å². The van der Waals surface area contributed by atoms with Crippen LogP contribution >= 0.6 is 0 Å². The zero-order chi connectivity index (χ0) is 16.4. The lowest BCUT2D eigenvalue weighted by Gasteiger charge is -2.28. The van der Waals surface area contributed by atoms with Crippen LogP contribution in [-0.2, 0) is 19.5 Å². The summed E-state index contributed by atoms with van der Waals surface area (Å²) in [5.41, 5.74) is 3.83. The van der Waals surface area contributed by atoms with Gasteiger partial charge in [-0.3, -0.25) is 9.59 Å². The van der Waals surface area contributed by atoms with E-state index >= 15 is 0 Å². The molecule has 1 N–H and O–H groups in total. The summed E-state index contributed by atoms with van der Waals surface area (Å²) in [6, 6.07) is 9.43. The van der Waals surface area contributed by atoms with Crippen LogP contribution in [0.1, 0.15) is 27.0 Å². The predicted octanol–water partition coefficient (Wildman–Crippen LogP) is 1.64. The monoisotopic (exact) mass is 311 g/mol. The van der Waals surface area contributed by atoms with Crippen LogP contribution in [-0.4, -0.2) is 41.3 Å². The topological polar surface area (TPSA) is 56.4 Å². The minimum atomic E-state index is -0.0834. The second-order valence-electron chi connectivity index (χ2n) is 6.26. The molecule has 0 spiro atoms. The maximum atomic E-state index is 12.8. The highest BCUT2D eigenvalue weighted by Gasteiger charge is 2.22. The molecule has 3 rings (SSSR count). The lowest BCUT2D eigenvalue weighted by atomic mass is 10.0. The van der Waals surface area contributed by atoms with E-state index in [4.69, 9.17) is 0 Å². The number of amides is 1. The summed E-state index contributed by atoms with van der Waals surface area (Å²) in [5, 5.41) is 0. The molecular formula is C18H21N3O2. The molecule has 0 saturated heterocycles. The number of hydrogen-bond donors (Lipinski definition) is 1. The number of aromatic amines is 1. The molecule has 0 aliphatic carbocycles. The van der Waals surface area contributed by atoms with Gasteiger partial charge < -0.3 is 14.8 Å². The second-order valence-corrected chi connectivity index (χ2v) is 6.26. The van der Waals surface area contributed by atoms with E-state index in [0.717, 1.165) is 35.2 Å². The van der Waals surface area contributed by atoms with Gasteiger partial charge in [0.15, 0.2) is 0 Å². The van der Waals surface area contributed by atoms with E-state index in [1.165, 1.54) is 0 Å². The van der Waals surface area contributed by atoms with Crippen LogP contribution in [0.15, 0.2) is 41.3 Å². The van der Waals surface area contributed by atoms with Gasteiger partial charge in [-0.1, -0.05) is 12.1 Å². The number of carbonyl (C=O) groups is 1. The molecule has 1 aliphatic heterocycles. The van der Waals surface area contributed by atoms with Crippen molar-refractivity contribution in [3.05, 3.63) is 69.1 Å². The highest BCUT2D eigenvalue weighted by molar-refractivity contribution is 5.94. The number of nitrogens with zero attached hydrogens (tertiary/aromatic N) is 2. The fourth-order valence-corrected chi connectivity index (χ4v) is 2.99. The van der Waals surface area contributed by atoms with Crippen molar-refractivity contribution in [1.82, 2.24) is 14.8 Å². The first kappa shape index (κ1) is 15.5. The Balaban J connectivity index is 1.79. The van der Waals surface area contributed by atoms with Crippen LogP contribution in [0.4, 0.5) is 0 Å². The average molecular weight is 311 g/mol. The number of hydrogen-bond acceptors (Lipinski definition) is 3. The van der Waals surface area contributed by atoms with Gasteiger partial charge in [0.2, 0.25) is 5.56 Å². The molecule has 1 aromatic heterocycles. The van der Waals surface area contributed by atoms with Crippen LogP contribution < -0.4 is 5.56 Å². The second kappa shape index (κ2) is 6.38. The number of pyridine rings is 1. The smallest absolute Gasteiger partial charge is 0.254 e. The number of aromatic nitrogens is 1. The summed E-state index contributed by atoms with van der Waals surface area (Å²) in [4.78, 5) is 30.7. The Morgan fingerprint density at radius 1 is 1.26 bits per heavy atom. The highest BCUT2D eigenvalue weighted by atomic mass is 16.2. The molecule has 0 unspecified atom stereocenters. The molecule has 5 nitrogen and oxygen atoms in total. The molecule has 1 aromatic carbocycles. The summed E-state index contributed by atoms with van der Waals surface area (Å²) < 4.78 is 0. The Morgan fingerprint density at radius 2 is 2.09 bits per heavy atom. The Bertz CT molecular complexity index is 780. The van der Waals surface area contributed by atoms with Crippen molar-refractivity contribution in [1.29, 1.82) is 0 Å². The van der Waals surface area contributed by atoms with Crippen molar-refractivity contribution in [3.63, 3.8) is 0 Å². The van der Waals surface area contributed by atoms with Crippen molar-refractivity contribution >= 4 is 5.91 Å². The van der Waals surface area contributed by atoms with Gasteiger partial charge in [-0.05, 0) is 49.3 Å². The minimum absolute atomic E-state index is 0.0439. The average Bonchev–Trinajstić information content (AvgIpc) is 2.53. The molecular weight excluding hydrogens is 290 g/mol. The zero-order valence-corrected chi connectivity index (χ0v) is 13.5. The molecule has 0 radical (unpaired) electrons. The number of carbonyl (C=O) groups excluding carboxylic acids is 1. The molecule has 2 aromatic rings. The van der Waals surface area contributed by atoms with Crippen LogP contribution in [0.2, 0.25) is 0 Å². The number of H-pyrrole nitrogens is 1. The third-order valence-corrected chi connectivity index (χ3v) is 4.08. The van der Waals surface area contributed by atoms with Crippen LogP contribution in [0.25, 0.3) is 0 Å². The van der Waals surface area contributed by atoms with E-state index in [0.29, 0.717) is 13.1 Å². The number of fused-ring (bicyclic) bond motifs is 1. The van der Waals surface area contributed by atoms with E-state index in [1.807, 2.05) is 43.3 Å². The molecule has 5 heteroatoms. The van der Waals surface area contributed by atoms with Crippen LogP contribution in [0.5, 0.6) is 0 Å². The lowest BCUT2D eigenvalue weighted by Crippen LogP contribution is -2.36. The Kier molecular flexibility index (Phi) is 4.30.